The Morgan fingerprint density at radius 1 is 1.45 bits per heavy atom. The molecule has 0 aromatic heterocycles. The Hall–Kier alpha value is -2.09. The molecule has 0 aliphatic carbocycles. The van der Waals surface area contributed by atoms with E-state index in [-0.39, 0.29) is 5.69 Å². The summed E-state index contributed by atoms with van der Waals surface area (Å²) in [7, 11) is 0. The molecule has 1 unspecified atom stereocenters. The van der Waals surface area contributed by atoms with Gasteiger partial charge in [-0.2, -0.15) is 11.8 Å². The Morgan fingerprint density at radius 3 is 2.60 bits per heavy atom. The Bertz CT molecular complexity index is 477. The van der Waals surface area contributed by atoms with Gasteiger partial charge in [0.1, 0.15) is 6.04 Å². The van der Waals surface area contributed by atoms with Crippen molar-refractivity contribution in [3.8, 4) is 0 Å². The van der Waals surface area contributed by atoms with E-state index in [0.717, 1.165) is 5.56 Å². The topological polar surface area (TPSA) is 110 Å². The number of carbonyl (C=O) groups is 2. The molecule has 0 heterocycles. The molecular weight excluding hydrogens is 284 g/mol. The second-order valence-corrected chi connectivity index (χ2v) is 5.05. The molecule has 0 saturated carbocycles. The summed E-state index contributed by atoms with van der Waals surface area (Å²) in [6.45, 7) is 0. The highest BCUT2D eigenvalue weighted by Gasteiger charge is 2.15. The highest BCUT2D eigenvalue weighted by Crippen LogP contribution is 2.17. The molecule has 0 spiro atoms. The van der Waals surface area contributed by atoms with Gasteiger partial charge in [-0.15, -0.1) is 0 Å². The average molecular weight is 298 g/mol. The van der Waals surface area contributed by atoms with Crippen LogP contribution in [0.1, 0.15) is 12.0 Å². The summed E-state index contributed by atoms with van der Waals surface area (Å²) < 4.78 is 0. The lowest BCUT2D eigenvalue weighted by molar-refractivity contribution is -0.384. The van der Waals surface area contributed by atoms with E-state index < -0.39 is 16.9 Å². The lowest BCUT2D eigenvalue weighted by Gasteiger charge is -2.10. The largest absolute Gasteiger partial charge is 0.480 e. The zero-order chi connectivity index (χ0) is 15.0. The van der Waals surface area contributed by atoms with Gasteiger partial charge in [0.05, 0.1) is 4.92 Å². The molecule has 1 aromatic rings. The van der Waals surface area contributed by atoms with Crippen molar-refractivity contribution in [2.45, 2.75) is 18.2 Å². The number of aliphatic carboxylic acids is 1. The van der Waals surface area contributed by atoms with E-state index in [1.165, 1.54) is 23.9 Å². The Kier molecular flexibility index (Phi) is 6.51. The second kappa shape index (κ2) is 8.16. The lowest BCUT2D eigenvalue weighted by Crippen LogP contribution is -2.36. The zero-order valence-corrected chi connectivity index (χ0v) is 11.3. The molecule has 1 atom stereocenters. The van der Waals surface area contributed by atoms with E-state index in [4.69, 9.17) is 5.11 Å². The molecule has 0 aliphatic rings. The number of non-ortho nitro benzene ring substituents is 1. The van der Waals surface area contributed by atoms with Gasteiger partial charge in [0, 0.05) is 17.9 Å². The number of nitrogens with one attached hydrogen (secondary N) is 1. The maximum atomic E-state index is 10.8. The number of nitrogens with zero attached hydrogens (tertiary/aromatic N) is 1. The molecule has 2 N–H and O–H groups in total. The number of thioether (sulfide) groups is 1. The van der Waals surface area contributed by atoms with Crippen molar-refractivity contribution in [2.24, 2.45) is 0 Å². The van der Waals surface area contributed by atoms with Gasteiger partial charge in [0.2, 0.25) is 6.41 Å². The van der Waals surface area contributed by atoms with Crippen LogP contribution in [0.3, 0.4) is 0 Å². The Morgan fingerprint density at radius 2 is 2.10 bits per heavy atom. The fourth-order valence-electron chi connectivity index (χ4n) is 1.47. The van der Waals surface area contributed by atoms with Crippen molar-refractivity contribution in [1.82, 2.24) is 5.32 Å². The van der Waals surface area contributed by atoms with E-state index in [1.54, 1.807) is 12.1 Å². The summed E-state index contributed by atoms with van der Waals surface area (Å²) in [5.41, 5.74) is 0.968. The first-order valence-corrected chi connectivity index (χ1v) is 6.93. The van der Waals surface area contributed by atoms with E-state index in [1.807, 2.05) is 0 Å². The third-order valence-corrected chi connectivity index (χ3v) is 3.60. The van der Waals surface area contributed by atoms with Crippen molar-refractivity contribution in [3.63, 3.8) is 0 Å². The number of hydrogen-bond donors (Lipinski definition) is 2. The molecular formula is C12H14N2O5S. The molecule has 0 fully saturated rings. The summed E-state index contributed by atoms with van der Waals surface area (Å²) in [6.07, 6.45) is 0.700. The maximum Gasteiger partial charge on any atom is 0.326 e. The van der Waals surface area contributed by atoms with Crippen LogP contribution in [0.2, 0.25) is 0 Å². The van der Waals surface area contributed by atoms with Crippen molar-refractivity contribution >= 4 is 29.8 Å². The quantitative estimate of drug-likeness (QED) is 0.309. The number of carbonyl (C=O) groups excluding carboxylic acids is 1. The summed E-state index contributed by atoms with van der Waals surface area (Å²) in [5.74, 6) is 0.133. The van der Waals surface area contributed by atoms with E-state index >= 15 is 0 Å². The summed E-state index contributed by atoms with van der Waals surface area (Å²) in [5, 5.41) is 21.5. The molecule has 8 heteroatoms. The van der Waals surface area contributed by atoms with Crippen LogP contribution < -0.4 is 5.32 Å². The number of carboxylic acid groups (broad SMARTS) is 1. The van der Waals surface area contributed by atoms with Crippen molar-refractivity contribution in [2.75, 3.05) is 5.75 Å². The van der Waals surface area contributed by atoms with E-state index in [0.29, 0.717) is 24.3 Å². The lowest BCUT2D eigenvalue weighted by atomic mass is 10.2. The van der Waals surface area contributed by atoms with Crippen LogP contribution in [0.15, 0.2) is 24.3 Å². The van der Waals surface area contributed by atoms with Crippen LogP contribution in [0.4, 0.5) is 5.69 Å². The molecule has 0 radical (unpaired) electrons. The fraction of sp³-hybridized carbons (Fsp3) is 0.333. The summed E-state index contributed by atoms with van der Waals surface area (Å²) in [6, 6.07) is 5.33. The van der Waals surface area contributed by atoms with Crippen LogP contribution in [0, 0.1) is 10.1 Å². The van der Waals surface area contributed by atoms with Gasteiger partial charge >= 0.3 is 5.97 Å². The number of nitro groups is 1. The highest BCUT2D eigenvalue weighted by atomic mass is 32.2. The standard InChI is InChI=1S/C12H14N2O5S/c15-8-13-11(12(16)17)5-6-20-7-9-1-3-10(4-2-9)14(18)19/h1-4,8,11H,5-7H2,(H,13,15)(H,16,17). The van der Waals surface area contributed by atoms with Crippen molar-refractivity contribution in [3.05, 3.63) is 39.9 Å². The number of hydrogen-bond acceptors (Lipinski definition) is 5. The molecule has 1 amide bonds. The molecule has 1 rings (SSSR count). The van der Waals surface area contributed by atoms with Gasteiger partial charge in [-0.3, -0.25) is 14.9 Å². The van der Waals surface area contributed by atoms with Crippen molar-refractivity contribution < 1.29 is 19.6 Å². The fourth-order valence-corrected chi connectivity index (χ4v) is 2.44. The molecule has 20 heavy (non-hydrogen) atoms. The summed E-state index contributed by atoms with van der Waals surface area (Å²) >= 11 is 1.50. The molecule has 0 aliphatic heterocycles. The van der Waals surface area contributed by atoms with Crippen LogP contribution in [0.5, 0.6) is 0 Å². The van der Waals surface area contributed by atoms with Gasteiger partial charge < -0.3 is 10.4 Å². The molecule has 1 aromatic carbocycles. The van der Waals surface area contributed by atoms with Crippen molar-refractivity contribution in [1.29, 1.82) is 0 Å². The van der Waals surface area contributed by atoms with Crippen LogP contribution in [-0.2, 0) is 15.3 Å². The first-order valence-electron chi connectivity index (χ1n) is 5.78. The minimum absolute atomic E-state index is 0.0416. The van der Waals surface area contributed by atoms with Crippen LogP contribution in [0.25, 0.3) is 0 Å². The van der Waals surface area contributed by atoms with Crippen LogP contribution >= 0.6 is 11.8 Å². The molecule has 0 saturated heterocycles. The van der Waals surface area contributed by atoms with Gasteiger partial charge in [0.15, 0.2) is 0 Å². The minimum Gasteiger partial charge on any atom is -0.480 e. The first-order chi connectivity index (χ1) is 9.54. The second-order valence-electron chi connectivity index (χ2n) is 3.94. The maximum absolute atomic E-state index is 10.8. The number of amides is 1. The third-order valence-electron chi connectivity index (χ3n) is 2.53. The number of rotatable bonds is 9. The third kappa shape index (κ3) is 5.27. The van der Waals surface area contributed by atoms with Gasteiger partial charge in [0.25, 0.3) is 5.69 Å². The number of carboxylic acids is 1. The average Bonchev–Trinajstić information content (AvgIpc) is 2.42. The van der Waals surface area contributed by atoms with E-state index in [9.17, 15) is 19.7 Å². The predicted molar refractivity (Wildman–Crippen MR) is 74.5 cm³/mol. The normalized spacial score (nSPS) is 11.6. The minimum atomic E-state index is -1.06. The summed E-state index contributed by atoms with van der Waals surface area (Å²) in [4.78, 5) is 31.0. The number of benzene rings is 1. The number of nitro benzene ring substituents is 1. The van der Waals surface area contributed by atoms with E-state index in [2.05, 4.69) is 5.32 Å². The first kappa shape index (κ1) is 16.0. The smallest absolute Gasteiger partial charge is 0.326 e. The van der Waals surface area contributed by atoms with Crippen LogP contribution in [-0.4, -0.2) is 34.2 Å². The molecule has 0 bridgehead atoms. The monoisotopic (exact) mass is 298 g/mol. The zero-order valence-electron chi connectivity index (χ0n) is 10.5. The van der Waals surface area contributed by atoms with Gasteiger partial charge in [-0.1, -0.05) is 12.1 Å². The molecule has 108 valence electrons. The van der Waals surface area contributed by atoms with Gasteiger partial charge in [-0.05, 0) is 17.7 Å². The Labute approximate surface area is 119 Å². The van der Waals surface area contributed by atoms with Gasteiger partial charge in [-0.25, -0.2) is 4.79 Å². The predicted octanol–water partition coefficient (Wildman–Crippen LogP) is 1.42. The Balaban J connectivity index is 2.35. The SMILES string of the molecule is O=CNC(CCSCc1ccc([N+](=O)[O-])cc1)C(=O)O. The molecule has 7 nitrogen and oxygen atoms in total. The highest BCUT2D eigenvalue weighted by molar-refractivity contribution is 7.98.